The van der Waals surface area contributed by atoms with Gasteiger partial charge in [0.15, 0.2) is 0 Å². The molecule has 0 bridgehead atoms. The van der Waals surface area contributed by atoms with Crippen LogP contribution in [0.2, 0.25) is 0 Å². The van der Waals surface area contributed by atoms with Gasteiger partial charge in [-0.25, -0.2) is 4.98 Å². The van der Waals surface area contributed by atoms with Crippen LogP contribution < -0.4 is 10.6 Å². The molecule has 1 heterocycles. The van der Waals surface area contributed by atoms with E-state index in [0.717, 1.165) is 22.6 Å². The quantitative estimate of drug-likeness (QED) is 0.646. The number of hydrogen-bond acceptors (Lipinski definition) is 3. The minimum absolute atomic E-state index is 0.0883. The van der Waals surface area contributed by atoms with Crippen molar-refractivity contribution in [2.45, 2.75) is 13.5 Å². The van der Waals surface area contributed by atoms with Crippen molar-refractivity contribution >= 4 is 11.5 Å². The third kappa shape index (κ3) is 2.59. The Morgan fingerprint density at radius 3 is 2.79 bits per heavy atom. The highest BCUT2D eigenvalue weighted by molar-refractivity contribution is 6.01. The summed E-state index contributed by atoms with van der Waals surface area (Å²) in [6.45, 7) is 2.70. The number of imidazole rings is 1. The number of rotatable bonds is 4. The molecule has 19 heavy (non-hydrogen) atoms. The normalized spacial score (nSPS) is 10.5. The van der Waals surface area contributed by atoms with Crippen molar-refractivity contribution in [3.63, 3.8) is 0 Å². The van der Waals surface area contributed by atoms with Gasteiger partial charge in [-0.3, -0.25) is 5.41 Å². The van der Waals surface area contributed by atoms with Crippen LogP contribution in [-0.2, 0) is 13.6 Å². The van der Waals surface area contributed by atoms with Gasteiger partial charge >= 0.3 is 0 Å². The molecule has 0 aliphatic heterocycles. The van der Waals surface area contributed by atoms with E-state index in [0.29, 0.717) is 6.54 Å². The molecule has 0 saturated carbocycles. The molecular formula is C14H19N5. The van der Waals surface area contributed by atoms with Crippen molar-refractivity contribution in [3.8, 4) is 0 Å². The van der Waals surface area contributed by atoms with Crippen molar-refractivity contribution in [2.75, 3.05) is 11.9 Å². The fraction of sp³-hybridized carbons (Fsp3) is 0.286. The Hall–Kier alpha value is -2.30. The lowest BCUT2D eigenvalue weighted by atomic mass is 10.1. The van der Waals surface area contributed by atoms with Crippen molar-refractivity contribution in [3.05, 3.63) is 47.5 Å². The molecule has 0 aliphatic rings. The molecule has 0 atom stereocenters. The van der Waals surface area contributed by atoms with Crippen LogP contribution in [0.5, 0.6) is 0 Å². The highest BCUT2D eigenvalue weighted by atomic mass is 15.2. The van der Waals surface area contributed by atoms with Crippen molar-refractivity contribution in [1.29, 1.82) is 5.41 Å². The number of hydrogen-bond donors (Lipinski definition) is 2. The lowest BCUT2D eigenvalue weighted by Crippen LogP contribution is -2.24. The van der Waals surface area contributed by atoms with E-state index in [4.69, 9.17) is 11.1 Å². The zero-order valence-corrected chi connectivity index (χ0v) is 11.5. The first kappa shape index (κ1) is 13.1. The molecule has 2 aromatic rings. The number of nitrogen functional groups attached to an aromatic ring is 1. The predicted molar refractivity (Wildman–Crippen MR) is 77.5 cm³/mol. The van der Waals surface area contributed by atoms with E-state index in [-0.39, 0.29) is 5.84 Å². The molecule has 0 radical (unpaired) electrons. The summed E-state index contributed by atoms with van der Waals surface area (Å²) in [5, 5.41) is 7.69. The molecule has 0 spiro atoms. The van der Waals surface area contributed by atoms with E-state index in [1.54, 1.807) is 6.20 Å². The molecule has 5 heteroatoms. The van der Waals surface area contributed by atoms with Crippen LogP contribution in [0, 0.1) is 12.3 Å². The van der Waals surface area contributed by atoms with Crippen molar-refractivity contribution in [2.24, 2.45) is 12.8 Å². The molecule has 100 valence electrons. The topological polar surface area (TPSA) is 70.9 Å². The van der Waals surface area contributed by atoms with E-state index in [9.17, 15) is 0 Å². The van der Waals surface area contributed by atoms with Crippen molar-refractivity contribution < 1.29 is 0 Å². The molecule has 0 aliphatic carbocycles. The van der Waals surface area contributed by atoms with Crippen LogP contribution in [0.25, 0.3) is 0 Å². The van der Waals surface area contributed by atoms with Gasteiger partial charge in [0.1, 0.15) is 11.7 Å². The molecule has 3 N–H and O–H groups in total. The summed E-state index contributed by atoms with van der Waals surface area (Å²) < 4.78 is 1.99. The molecular weight excluding hydrogens is 238 g/mol. The first-order chi connectivity index (χ1) is 9.00. The smallest absolute Gasteiger partial charge is 0.127 e. The second kappa shape index (κ2) is 5.14. The Kier molecular flexibility index (Phi) is 3.55. The highest BCUT2D eigenvalue weighted by Gasteiger charge is 2.14. The minimum atomic E-state index is 0.0883. The average Bonchev–Trinajstić information content (AvgIpc) is 2.74. The number of nitrogens with one attached hydrogen (secondary N) is 1. The maximum absolute atomic E-state index is 7.69. The second-order valence-electron chi connectivity index (χ2n) is 4.70. The number of para-hydroxylation sites is 1. The van der Waals surface area contributed by atoms with E-state index < -0.39 is 0 Å². The summed E-state index contributed by atoms with van der Waals surface area (Å²) in [6, 6.07) is 5.82. The number of aromatic nitrogens is 2. The van der Waals surface area contributed by atoms with Crippen LogP contribution in [0.3, 0.4) is 0 Å². The number of benzene rings is 1. The van der Waals surface area contributed by atoms with Crippen LogP contribution >= 0.6 is 0 Å². The number of aryl methyl sites for hydroxylation is 2. The van der Waals surface area contributed by atoms with Gasteiger partial charge in [-0.2, -0.15) is 0 Å². The molecule has 0 unspecified atom stereocenters. The Bertz CT molecular complexity index is 600. The third-order valence-electron chi connectivity index (χ3n) is 3.21. The zero-order chi connectivity index (χ0) is 14.0. The Morgan fingerprint density at radius 2 is 2.21 bits per heavy atom. The molecule has 1 aromatic carbocycles. The molecule has 0 saturated heterocycles. The average molecular weight is 257 g/mol. The SMILES string of the molecule is Cc1cccc(C(=N)N)c1N(C)Cc1nccn1C. The summed E-state index contributed by atoms with van der Waals surface area (Å²) in [5.41, 5.74) is 8.51. The summed E-state index contributed by atoms with van der Waals surface area (Å²) >= 11 is 0. The Morgan fingerprint density at radius 1 is 1.47 bits per heavy atom. The largest absolute Gasteiger partial charge is 0.384 e. The maximum atomic E-state index is 7.69. The fourth-order valence-corrected chi connectivity index (χ4v) is 2.22. The standard InChI is InChI=1S/C14H19N5/c1-10-5-4-6-11(14(15)16)13(10)19(3)9-12-17-7-8-18(12)2/h4-8H,9H2,1-3H3,(H3,15,16). The van der Waals surface area contributed by atoms with Crippen LogP contribution in [0.4, 0.5) is 5.69 Å². The monoisotopic (exact) mass is 257 g/mol. The maximum Gasteiger partial charge on any atom is 0.127 e. The minimum Gasteiger partial charge on any atom is -0.384 e. The number of anilines is 1. The number of nitrogens with zero attached hydrogens (tertiary/aromatic N) is 3. The first-order valence-corrected chi connectivity index (χ1v) is 6.12. The highest BCUT2D eigenvalue weighted by Crippen LogP contribution is 2.25. The van der Waals surface area contributed by atoms with Gasteiger partial charge in [0.25, 0.3) is 0 Å². The lowest BCUT2D eigenvalue weighted by molar-refractivity contribution is 0.760. The van der Waals surface area contributed by atoms with Crippen LogP contribution in [-0.4, -0.2) is 22.4 Å². The van der Waals surface area contributed by atoms with Crippen LogP contribution in [0.1, 0.15) is 17.0 Å². The molecule has 5 nitrogen and oxygen atoms in total. The van der Waals surface area contributed by atoms with E-state index in [2.05, 4.69) is 9.88 Å². The van der Waals surface area contributed by atoms with E-state index >= 15 is 0 Å². The Labute approximate surface area is 113 Å². The van der Waals surface area contributed by atoms with E-state index in [1.807, 2.05) is 50.0 Å². The zero-order valence-electron chi connectivity index (χ0n) is 11.5. The molecule has 0 amide bonds. The summed E-state index contributed by atoms with van der Waals surface area (Å²) in [4.78, 5) is 6.40. The third-order valence-corrected chi connectivity index (χ3v) is 3.21. The second-order valence-corrected chi connectivity index (χ2v) is 4.70. The number of amidine groups is 1. The van der Waals surface area contributed by atoms with E-state index in [1.165, 1.54) is 0 Å². The fourth-order valence-electron chi connectivity index (χ4n) is 2.22. The van der Waals surface area contributed by atoms with Gasteiger partial charge in [-0.05, 0) is 18.6 Å². The van der Waals surface area contributed by atoms with Gasteiger partial charge in [-0.15, -0.1) is 0 Å². The van der Waals surface area contributed by atoms with Gasteiger partial charge < -0.3 is 15.2 Å². The molecule has 0 fully saturated rings. The summed E-state index contributed by atoms with van der Waals surface area (Å²) in [6.07, 6.45) is 3.71. The number of nitrogens with two attached hydrogens (primary N) is 1. The van der Waals surface area contributed by atoms with Crippen molar-refractivity contribution in [1.82, 2.24) is 9.55 Å². The van der Waals surface area contributed by atoms with Gasteiger partial charge in [0.2, 0.25) is 0 Å². The van der Waals surface area contributed by atoms with Gasteiger partial charge in [-0.1, -0.05) is 12.1 Å². The Balaban J connectivity index is 2.36. The molecule has 2 rings (SSSR count). The summed E-state index contributed by atoms with van der Waals surface area (Å²) in [5.74, 6) is 1.06. The van der Waals surface area contributed by atoms with Crippen LogP contribution in [0.15, 0.2) is 30.6 Å². The van der Waals surface area contributed by atoms with Gasteiger partial charge in [0.05, 0.1) is 12.2 Å². The lowest BCUT2D eigenvalue weighted by Gasteiger charge is -2.24. The first-order valence-electron chi connectivity index (χ1n) is 6.12. The molecule has 1 aromatic heterocycles. The van der Waals surface area contributed by atoms with Gasteiger partial charge in [0, 0.05) is 32.1 Å². The summed E-state index contributed by atoms with van der Waals surface area (Å²) in [7, 11) is 3.96. The predicted octanol–water partition coefficient (Wildman–Crippen LogP) is 1.65.